The zero-order chi connectivity index (χ0) is 16.4. The summed E-state index contributed by atoms with van der Waals surface area (Å²) < 4.78 is 13.0. The standard InChI is InChI=1S/C18H23FN2OS/c1-11(10-17(22)13-6-8-14(19)9-7-13)20-15-4-3-5-16-18(15)23-12(2)21-16/h6-9,11,15,17,20,22H,3-5,10H2,1-2H3. The fraction of sp³-hybridized carbons (Fsp3) is 0.500. The van der Waals surface area contributed by atoms with Crippen LogP contribution in [0.5, 0.6) is 0 Å². The molecule has 23 heavy (non-hydrogen) atoms. The molecule has 1 aromatic carbocycles. The molecule has 2 N–H and O–H groups in total. The van der Waals surface area contributed by atoms with Gasteiger partial charge in [-0.2, -0.15) is 0 Å². The smallest absolute Gasteiger partial charge is 0.123 e. The van der Waals surface area contributed by atoms with Crippen molar-refractivity contribution < 1.29 is 9.50 Å². The van der Waals surface area contributed by atoms with Crippen molar-refractivity contribution in [2.75, 3.05) is 0 Å². The first-order valence-corrected chi connectivity index (χ1v) is 9.00. The van der Waals surface area contributed by atoms with Crippen LogP contribution in [-0.4, -0.2) is 16.1 Å². The third-order valence-corrected chi connectivity index (χ3v) is 5.50. The van der Waals surface area contributed by atoms with Gasteiger partial charge in [0.15, 0.2) is 0 Å². The largest absolute Gasteiger partial charge is 0.388 e. The molecule has 3 atom stereocenters. The summed E-state index contributed by atoms with van der Waals surface area (Å²) in [7, 11) is 0. The van der Waals surface area contributed by atoms with Gasteiger partial charge in [-0.05, 0) is 57.2 Å². The molecule has 3 unspecified atom stereocenters. The Morgan fingerprint density at radius 3 is 2.87 bits per heavy atom. The molecule has 3 nitrogen and oxygen atoms in total. The minimum absolute atomic E-state index is 0.174. The SMILES string of the molecule is Cc1nc2c(s1)C(NC(C)CC(O)c1ccc(F)cc1)CCC2. The molecule has 0 spiro atoms. The van der Waals surface area contributed by atoms with Crippen LogP contribution < -0.4 is 5.32 Å². The van der Waals surface area contributed by atoms with Crippen LogP contribution in [0.2, 0.25) is 0 Å². The molecule has 0 saturated heterocycles. The number of thiazole rings is 1. The maximum atomic E-state index is 13.0. The fourth-order valence-corrected chi connectivity index (χ4v) is 4.34. The van der Waals surface area contributed by atoms with E-state index in [1.165, 1.54) is 22.7 Å². The Morgan fingerprint density at radius 2 is 2.13 bits per heavy atom. The van der Waals surface area contributed by atoms with Crippen molar-refractivity contribution in [1.82, 2.24) is 10.3 Å². The molecule has 0 radical (unpaired) electrons. The average Bonchev–Trinajstić information content (AvgIpc) is 2.89. The zero-order valence-electron chi connectivity index (χ0n) is 13.6. The van der Waals surface area contributed by atoms with E-state index in [1.54, 1.807) is 23.5 Å². The Kier molecular flexibility index (Phi) is 5.09. The van der Waals surface area contributed by atoms with Gasteiger partial charge in [0.05, 0.1) is 16.8 Å². The van der Waals surface area contributed by atoms with Crippen molar-refractivity contribution in [2.24, 2.45) is 0 Å². The van der Waals surface area contributed by atoms with E-state index in [9.17, 15) is 9.50 Å². The summed E-state index contributed by atoms with van der Waals surface area (Å²) in [5.74, 6) is -0.276. The number of nitrogens with zero attached hydrogens (tertiary/aromatic N) is 1. The summed E-state index contributed by atoms with van der Waals surface area (Å²) in [4.78, 5) is 5.98. The molecule has 1 aliphatic carbocycles. The van der Waals surface area contributed by atoms with Gasteiger partial charge in [0.1, 0.15) is 5.82 Å². The normalized spacial score (nSPS) is 20.1. The molecule has 1 aromatic heterocycles. The summed E-state index contributed by atoms with van der Waals surface area (Å²) in [6, 6.07) is 6.60. The van der Waals surface area contributed by atoms with Crippen molar-refractivity contribution in [3.63, 3.8) is 0 Å². The quantitative estimate of drug-likeness (QED) is 0.866. The summed E-state index contributed by atoms with van der Waals surface area (Å²) in [5, 5.41) is 15.1. The van der Waals surface area contributed by atoms with Crippen LogP contribution in [0.1, 0.15) is 59.5 Å². The van der Waals surface area contributed by atoms with E-state index in [4.69, 9.17) is 0 Å². The van der Waals surface area contributed by atoms with Crippen LogP contribution in [0.15, 0.2) is 24.3 Å². The number of aromatic nitrogens is 1. The molecular formula is C18H23FN2OS. The van der Waals surface area contributed by atoms with Gasteiger partial charge < -0.3 is 10.4 Å². The molecule has 1 aliphatic rings. The minimum Gasteiger partial charge on any atom is -0.388 e. The van der Waals surface area contributed by atoms with Crippen LogP contribution >= 0.6 is 11.3 Å². The molecule has 1 heterocycles. The number of aryl methyl sites for hydroxylation is 2. The predicted molar refractivity (Wildman–Crippen MR) is 91.1 cm³/mol. The van der Waals surface area contributed by atoms with Crippen LogP contribution in [0, 0.1) is 12.7 Å². The summed E-state index contributed by atoms with van der Waals surface area (Å²) in [6.45, 7) is 4.15. The second kappa shape index (κ2) is 7.07. The van der Waals surface area contributed by atoms with Gasteiger partial charge >= 0.3 is 0 Å². The van der Waals surface area contributed by atoms with Crippen LogP contribution in [0.4, 0.5) is 4.39 Å². The lowest BCUT2D eigenvalue weighted by Crippen LogP contribution is -2.33. The summed E-state index contributed by atoms with van der Waals surface area (Å²) >= 11 is 1.78. The first-order valence-electron chi connectivity index (χ1n) is 8.18. The number of benzene rings is 1. The van der Waals surface area contributed by atoms with Crippen molar-refractivity contribution in [1.29, 1.82) is 0 Å². The Morgan fingerprint density at radius 1 is 1.39 bits per heavy atom. The highest BCUT2D eigenvalue weighted by Gasteiger charge is 2.25. The average molecular weight is 334 g/mol. The Balaban J connectivity index is 1.61. The molecular weight excluding hydrogens is 311 g/mol. The molecule has 0 amide bonds. The molecule has 3 rings (SSSR count). The number of rotatable bonds is 5. The van der Waals surface area contributed by atoms with E-state index < -0.39 is 6.10 Å². The number of aliphatic hydroxyl groups excluding tert-OH is 1. The van der Waals surface area contributed by atoms with Gasteiger partial charge in [-0.15, -0.1) is 11.3 Å². The van der Waals surface area contributed by atoms with Gasteiger partial charge in [-0.1, -0.05) is 12.1 Å². The number of fused-ring (bicyclic) bond motifs is 1. The Hall–Kier alpha value is -1.30. The Labute approximate surface area is 140 Å². The van der Waals surface area contributed by atoms with E-state index in [0.29, 0.717) is 12.5 Å². The number of halogens is 1. The Bertz CT molecular complexity index is 656. The van der Waals surface area contributed by atoms with Crippen LogP contribution in [0.25, 0.3) is 0 Å². The lowest BCUT2D eigenvalue weighted by Gasteiger charge is -2.27. The lowest BCUT2D eigenvalue weighted by atomic mass is 9.96. The second-order valence-corrected chi connectivity index (χ2v) is 7.59. The highest BCUT2D eigenvalue weighted by Crippen LogP contribution is 2.34. The number of aliphatic hydroxyl groups is 1. The first kappa shape index (κ1) is 16.6. The minimum atomic E-state index is -0.579. The number of hydrogen-bond acceptors (Lipinski definition) is 4. The molecule has 0 bridgehead atoms. The lowest BCUT2D eigenvalue weighted by molar-refractivity contribution is 0.150. The summed E-state index contributed by atoms with van der Waals surface area (Å²) in [5.41, 5.74) is 2.00. The van der Waals surface area contributed by atoms with E-state index in [0.717, 1.165) is 29.8 Å². The number of nitrogens with one attached hydrogen (secondary N) is 1. The third kappa shape index (κ3) is 3.97. The van der Waals surface area contributed by atoms with Crippen molar-refractivity contribution in [3.05, 3.63) is 51.2 Å². The van der Waals surface area contributed by atoms with E-state index >= 15 is 0 Å². The van der Waals surface area contributed by atoms with Gasteiger partial charge in [-0.3, -0.25) is 0 Å². The zero-order valence-corrected chi connectivity index (χ0v) is 14.4. The second-order valence-electron chi connectivity index (χ2n) is 6.36. The van der Waals surface area contributed by atoms with E-state index in [1.807, 2.05) is 0 Å². The summed E-state index contributed by atoms with van der Waals surface area (Å²) in [6.07, 6.45) is 3.37. The van der Waals surface area contributed by atoms with Gasteiger partial charge in [0.25, 0.3) is 0 Å². The maximum Gasteiger partial charge on any atom is 0.123 e. The van der Waals surface area contributed by atoms with Crippen LogP contribution in [-0.2, 0) is 6.42 Å². The topological polar surface area (TPSA) is 45.2 Å². The number of hydrogen-bond donors (Lipinski definition) is 2. The third-order valence-electron chi connectivity index (χ3n) is 4.37. The predicted octanol–water partition coefficient (Wildman–Crippen LogP) is 4.07. The molecule has 2 aromatic rings. The highest BCUT2D eigenvalue weighted by molar-refractivity contribution is 7.11. The van der Waals surface area contributed by atoms with Crippen LogP contribution in [0.3, 0.4) is 0 Å². The van der Waals surface area contributed by atoms with Gasteiger partial charge in [0, 0.05) is 17.0 Å². The van der Waals surface area contributed by atoms with Crippen molar-refractivity contribution >= 4 is 11.3 Å². The van der Waals surface area contributed by atoms with Crippen molar-refractivity contribution in [3.8, 4) is 0 Å². The maximum absolute atomic E-state index is 13.0. The molecule has 0 fully saturated rings. The molecule has 124 valence electrons. The van der Waals surface area contributed by atoms with E-state index in [2.05, 4.69) is 24.1 Å². The fourth-order valence-electron chi connectivity index (χ4n) is 3.27. The first-order chi connectivity index (χ1) is 11.0. The molecule has 0 aliphatic heterocycles. The van der Waals surface area contributed by atoms with Gasteiger partial charge in [0.2, 0.25) is 0 Å². The monoisotopic (exact) mass is 334 g/mol. The molecule has 5 heteroatoms. The highest BCUT2D eigenvalue weighted by atomic mass is 32.1. The molecule has 0 saturated carbocycles. The van der Waals surface area contributed by atoms with Gasteiger partial charge in [-0.25, -0.2) is 9.37 Å². The van der Waals surface area contributed by atoms with E-state index in [-0.39, 0.29) is 11.9 Å². The van der Waals surface area contributed by atoms with Crippen molar-refractivity contribution in [2.45, 2.75) is 57.7 Å².